The number of esters is 1. The van der Waals surface area contributed by atoms with Crippen molar-refractivity contribution >= 4 is 17.8 Å². The number of ether oxygens (including phenoxy) is 3. The minimum Gasteiger partial charge on any atom is -0.474 e. The average molecular weight is 565 g/mol. The summed E-state index contributed by atoms with van der Waals surface area (Å²) in [4.78, 5) is 50.4. The van der Waals surface area contributed by atoms with E-state index >= 15 is 0 Å². The molecule has 220 valence electrons. The summed E-state index contributed by atoms with van der Waals surface area (Å²) in [6.45, 7) is 2.57. The third-order valence-corrected chi connectivity index (χ3v) is 7.56. The van der Waals surface area contributed by atoms with Crippen LogP contribution in [0.1, 0.15) is 51.9 Å². The fourth-order valence-electron chi connectivity index (χ4n) is 5.41. The van der Waals surface area contributed by atoms with Crippen molar-refractivity contribution < 1.29 is 28.6 Å². The van der Waals surface area contributed by atoms with E-state index in [1.165, 1.54) is 7.11 Å². The molecule has 2 aliphatic rings. The van der Waals surface area contributed by atoms with Crippen LogP contribution in [0.5, 0.6) is 11.9 Å². The molecule has 0 saturated heterocycles. The highest BCUT2D eigenvalue weighted by Gasteiger charge is 2.45. The first kappa shape index (κ1) is 30.0. The molecule has 2 amide bonds. The zero-order chi connectivity index (χ0) is 29.2. The van der Waals surface area contributed by atoms with Crippen LogP contribution < -0.4 is 14.8 Å². The van der Waals surface area contributed by atoms with Gasteiger partial charge in [0, 0.05) is 25.2 Å². The van der Waals surface area contributed by atoms with E-state index in [1.54, 1.807) is 24.9 Å². The van der Waals surface area contributed by atoms with E-state index in [1.807, 2.05) is 36.4 Å². The third kappa shape index (κ3) is 8.05. The van der Waals surface area contributed by atoms with Gasteiger partial charge in [0.25, 0.3) is 0 Å². The highest BCUT2D eigenvalue weighted by Crippen LogP contribution is 2.37. The van der Waals surface area contributed by atoms with Crippen molar-refractivity contribution in [3.05, 3.63) is 48.6 Å². The number of allylic oxidation sites excluding steroid dienone is 2. The maximum atomic E-state index is 13.6. The Bertz CT molecular complexity index is 1220. The van der Waals surface area contributed by atoms with Crippen LogP contribution >= 0.6 is 0 Å². The Hall–Kier alpha value is -3.95. The number of benzene rings is 1. The van der Waals surface area contributed by atoms with Crippen molar-refractivity contribution in [1.82, 2.24) is 20.2 Å². The fraction of sp³-hybridized carbons (Fsp3) is 0.516. The third-order valence-electron chi connectivity index (χ3n) is 7.56. The van der Waals surface area contributed by atoms with Crippen molar-refractivity contribution in [2.75, 3.05) is 27.3 Å². The Labute approximate surface area is 241 Å². The number of amides is 2. The molecule has 1 N–H and O–H groups in total. The number of hydrogen-bond donors (Lipinski definition) is 1. The Kier molecular flexibility index (Phi) is 10.7. The Morgan fingerprint density at radius 3 is 2.56 bits per heavy atom. The summed E-state index contributed by atoms with van der Waals surface area (Å²) in [5.74, 6) is -1.85. The molecule has 1 aliphatic heterocycles. The Morgan fingerprint density at radius 2 is 1.80 bits per heavy atom. The number of methoxy groups -OCH3 is 1. The number of fused-ring (bicyclic) bond motifs is 1. The number of rotatable bonds is 6. The van der Waals surface area contributed by atoms with E-state index in [4.69, 9.17) is 14.2 Å². The van der Waals surface area contributed by atoms with Gasteiger partial charge >= 0.3 is 12.0 Å². The van der Waals surface area contributed by atoms with Crippen molar-refractivity contribution in [3.8, 4) is 23.1 Å². The lowest BCUT2D eigenvalue weighted by atomic mass is 9.93. The van der Waals surface area contributed by atoms with E-state index in [0.717, 1.165) is 24.8 Å². The zero-order valence-corrected chi connectivity index (χ0v) is 24.1. The molecule has 41 heavy (non-hydrogen) atoms. The number of aromatic nitrogens is 2. The first-order valence-electron chi connectivity index (χ1n) is 14.4. The predicted molar refractivity (Wildman–Crippen MR) is 153 cm³/mol. The van der Waals surface area contributed by atoms with Gasteiger partial charge in [-0.2, -0.15) is 9.97 Å². The highest BCUT2D eigenvalue weighted by molar-refractivity contribution is 5.91. The number of nitrogens with zero attached hydrogens (tertiary/aromatic N) is 3. The molecule has 4 unspecified atom stereocenters. The molecular formula is C31H40N4O6. The van der Waals surface area contributed by atoms with Gasteiger partial charge < -0.3 is 24.4 Å². The summed E-state index contributed by atoms with van der Waals surface area (Å²) in [7, 11) is 3.27. The molecule has 4 atom stereocenters. The maximum Gasteiger partial charge on any atom is 0.328 e. The average Bonchev–Trinajstić information content (AvgIpc) is 3.40. The molecule has 0 spiro atoms. The Balaban J connectivity index is 1.58. The zero-order valence-electron chi connectivity index (χ0n) is 24.1. The van der Waals surface area contributed by atoms with Crippen LogP contribution in [-0.4, -0.2) is 72.1 Å². The Morgan fingerprint density at radius 1 is 1.05 bits per heavy atom. The van der Waals surface area contributed by atoms with Crippen molar-refractivity contribution in [2.24, 2.45) is 11.8 Å². The molecule has 4 rings (SSSR count). The summed E-state index contributed by atoms with van der Waals surface area (Å²) < 4.78 is 16.8. The number of hydrogen-bond acceptors (Lipinski definition) is 8. The van der Waals surface area contributed by atoms with E-state index in [9.17, 15) is 14.4 Å². The maximum absolute atomic E-state index is 13.6. The smallest absolute Gasteiger partial charge is 0.328 e. The summed E-state index contributed by atoms with van der Waals surface area (Å²) >= 11 is 0. The van der Waals surface area contributed by atoms with Gasteiger partial charge in [0.1, 0.15) is 12.1 Å². The fourth-order valence-corrected chi connectivity index (χ4v) is 5.41. The van der Waals surface area contributed by atoms with Crippen LogP contribution in [0.25, 0.3) is 11.3 Å². The largest absolute Gasteiger partial charge is 0.474 e. The summed E-state index contributed by atoms with van der Waals surface area (Å²) in [5, 5.41) is 2.89. The van der Waals surface area contributed by atoms with Gasteiger partial charge in [-0.05, 0) is 51.9 Å². The van der Waals surface area contributed by atoms with E-state index in [-0.39, 0.29) is 24.4 Å². The molecule has 1 aliphatic carbocycles. The molecule has 1 aromatic heterocycles. The molecular weight excluding hydrogens is 524 g/mol. The van der Waals surface area contributed by atoms with E-state index in [2.05, 4.69) is 21.4 Å². The molecule has 2 heterocycles. The second-order valence-corrected chi connectivity index (χ2v) is 10.5. The monoisotopic (exact) mass is 564 g/mol. The van der Waals surface area contributed by atoms with Crippen molar-refractivity contribution in [3.63, 3.8) is 0 Å². The quantitative estimate of drug-likeness (QED) is 0.414. The molecule has 2 aromatic rings. The SMILES string of the molecule is CCOC(=O)C1CCC=CCCCCN(C)C(=O)C2CC(Oc3cc(-c4ccccc4)nc(OC)n3)CC2C(=O)N1. The van der Waals surface area contributed by atoms with Crippen LogP contribution in [0.2, 0.25) is 0 Å². The van der Waals surface area contributed by atoms with Gasteiger partial charge in [0.15, 0.2) is 0 Å². The number of carbonyl (C=O) groups excluding carboxylic acids is 3. The van der Waals surface area contributed by atoms with Gasteiger partial charge in [-0.1, -0.05) is 42.5 Å². The number of nitrogens with one attached hydrogen (secondary N) is 1. The molecule has 0 bridgehead atoms. The lowest BCUT2D eigenvalue weighted by Gasteiger charge is -2.25. The molecule has 0 radical (unpaired) electrons. The van der Waals surface area contributed by atoms with Gasteiger partial charge in [0.2, 0.25) is 17.7 Å². The predicted octanol–water partition coefficient (Wildman–Crippen LogP) is 3.95. The standard InChI is InChI=1S/C31H40N4O6/c1-4-40-30(38)25-16-12-7-5-6-8-13-17-35(2)29(37)24-19-22(18-23(24)28(36)32-25)41-27-20-26(33-31(34-27)39-3)21-14-10-9-11-15-21/h5,7,9-11,14-15,20,22-25H,4,6,8,12-13,16-19H2,1-3H3,(H,32,36). The first-order chi connectivity index (χ1) is 19.9. The molecule has 1 aromatic carbocycles. The van der Waals surface area contributed by atoms with Crippen molar-refractivity contribution in [1.29, 1.82) is 0 Å². The van der Waals surface area contributed by atoms with Gasteiger partial charge in [-0.3, -0.25) is 9.59 Å². The van der Waals surface area contributed by atoms with Crippen LogP contribution in [0.3, 0.4) is 0 Å². The lowest BCUT2D eigenvalue weighted by Crippen LogP contribution is -2.47. The minimum absolute atomic E-state index is 0.0976. The topological polar surface area (TPSA) is 120 Å². The van der Waals surface area contributed by atoms with Gasteiger partial charge in [0.05, 0.1) is 31.2 Å². The van der Waals surface area contributed by atoms with Crippen LogP contribution in [-0.2, 0) is 19.1 Å². The minimum atomic E-state index is -0.787. The van der Waals surface area contributed by atoms with Crippen LogP contribution in [0, 0.1) is 11.8 Å². The molecule has 10 heteroatoms. The van der Waals surface area contributed by atoms with E-state index < -0.39 is 30.0 Å². The second kappa shape index (κ2) is 14.6. The summed E-state index contributed by atoms with van der Waals surface area (Å²) in [6, 6.07) is 10.7. The number of carbonyl (C=O) groups is 3. The molecule has 10 nitrogen and oxygen atoms in total. The van der Waals surface area contributed by atoms with Crippen LogP contribution in [0.15, 0.2) is 48.6 Å². The van der Waals surface area contributed by atoms with Crippen LogP contribution in [0.4, 0.5) is 0 Å². The first-order valence-corrected chi connectivity index (χ1v) is 14.4. The summed E-state index contributed by atoms with van der Waals surface area (Å²) in [5.41, 5.74) is 1.52. The molecule has 1 fully saturated rings. The van der Waals surface area contributed by atoms with Gasteiger partial charge in [-0.25, -0.2) is 4.79 Å². The molecule has 1 saturated carbocycles. The second-order valence-electron chi connectivity index (χ2n) is 10.5. The summed E-state index contributed by atoms with van der Waals surface area (Å²) in [6.07, 6.45) is 8.11. The normalized spacial score (nSPS) is 24.0. The van der Waals surface area contributed by atoms with Gasteiger partial charge in [-0.15, -0.1) is 0 Å². The highest BCUT2D eigenvalue weighted by atomic mass is 16.5. The lowest BCUT2D eigenvalue weighted by molar-refractivity contribution is -0.148. The van der Waals surface area contributed by atoms with E-state index in [0.29, 0.717) is 43.8 Å². The van der Waals surface area contributed by atoms with Crippen molar-refractivity contribution in [2.45, 2.75) is 64.0 Å².